The summed E-state index contributed by atoms with van der Waals surface area (Å²) in [6.45, 7) is 3.72. The predicted molar refractivity (Wildman–Crippen MR) is 64.3 cm³/mol. The topological polar surface area (TPSA) is 21.3 Å². The number of ether oxygens (including phenoxy) is 1. The van der Waals surface area contributed by atoms with Gasteiger partial charge in [-0.2, -0.15) is 0 Å². The lowest BCUT2D eigenvalue weighted by Crippen LogP contribution is -2.08. The molecule has 0 aliphatic heterocycles. The molecule has 0 saturated heterocycles. The molecular weight excluding hydrogens is 277 g/mol. The van der Waals surface area contributed by atoms with Gasteiger partial charge in [0.05, 0.1) is 6.61 Å². The number of hydrogen-bond donors (Lipinski definition) is 1. The maximum atomic E-state index is 4.97. The largest absolute Gasteiger partial charge is 0.383 e. The zero-order valence-electron chi connectivity index (χ0n) is 7.93. The summed E-state index contributed by atoms with van der Waals surface area (Å²) in [6.07, 6.45) is 0. The first kappa shape index (κ1) is 10.8. The standard InChI is InChI=1S/C10H14INO/c1-8-9(11)4-3-5-10(8)12-6-7-13-2/h3-5,12H,6-7H2,1-2H3. The summed E-state index contributed by atoms with van der Waals surface area (Å²) >= 11 is 2.34. The third-order valence-corrected chi connectivity index (χ3v) is 3.06. The van der Waals surface area contributed by atoms with Crippen molar-refractivity contribution < 1.29 is 4.74 Å². The highest BCUT2D eigenvalue weighted by atomic mass is 127. The fraction of sp³-hybridized carbons (Fsp3) is 0.400. The van der Waals surface area contributed by atoms with Crippen LogP contribution in [0.1, 0.15) is 5.56 Å². The molecule has 1 rings (SSSR count). The van der Waals surface area contributed by atoms with Crippen molar-refractivity contribution >= 4 is 28.3 Å². The van der Waals surface area contributed by atoms with Crippen LogP contribution in [0.25, 0.3) is 0 Å². The van der Waals surface area contributed by atoms with E-state index in [9.17, 15) is 0 Å². The highest BCUT2D eigenvalue weighted by molar-refractivity contribution is 14.1. The molecule has 2 nitrogen and oxygen atoms in total. The minimum absolute atomic E-state index is 0.741. The smallest absolute Gasteiger partial charge is 0.0635 e. The Morgan fingerprint density at radius 1 is 1.46 bits per heavy atom. The quantitative estimate of drug-likeness (QED) is 0.680. The fourth-order valence-electron chi connectivity index (χ4n) is 1.09. The average molecular weight is 291 g/mol. The molecule has 0 bridgehead atoms. The maximum Gasteiger partial charge on any atom is 0.0635 e. The van der Waals surface area contributed by atoms with Crippen molar-refractivity contribution in [3.05, 3.63) is 27.3 Å². The molecule has 1 N–H and O–H groups in total. The van der Waals surface area contributed by atoms with Crippen LogP contribution in [0, 0.1) is 10.5 Å². The van der Waals surface area contributed by atoms with Gasteiger partial charge in [-0.3, -0.25) is 0 Å². The average Bonchev–Trinajstić information content (AvgIpc) is 2.13. The van der Waals surface area contributed by atoms with Gasteiger partial charge in [-0.05, 0) is 47.2 Å². The molecule has 0 unspecified atom stereocenters. The minimum atomic E-state index is 0.741. The van der Waals surface area contributed by atoms with E-state index in [1.807, 2.05) is 0 Å². The number of benzene rings is 1. The van der Waals surface area contributed by atoms with Gasteiger partial charge >= 0.3 is 0 Å². The lowest BCUT2D eigenvalue weighted by molar-refractivity contribution is 0.211. The van der Waals surface area contributed by atoms with Crippen molar-refractivity contribution in [2.75, 3.05) is 25.6 Å². The second kappa shape index (κ2) is 5.44. The normalized spacial score (nSPS) is 10.1. The Bertz CT molecular complexity index is 276. The van der Waals surface area contributed by atoms with Gasteiger partial charge < -0.3 is 10.1 Å². The first-order valence-electron chi connectivity index (χ1n) is 4.23. The van der Waals surface area contributed by atoms with Crippen molar-refractivity contribution in [2.24, 2.45) is 0 Å². The van der Waals surface area contributed by atoms with E-state index in [2.05, 4.69) is 53.0 Å². The molecule has 13 heavy (non-hydrogen) atoms. The molecule has 72 valence electrons. The summed E-state index contributed by atoms with van der Waals surface area (Å²) in [5.74, 6) is 0. The van der Waals surface area contributed by atoms with Crippen LogP contribution < -0.4 is 5.32 Å². The van der Waals surface area contributed by atoms with Crippen LogP contribution in [0.3, 0.4) is 0 Å². The van der Waals surface area contributed by atoms with Crippen molar-refractivity contribution in [3.63, 3.8) is 0 Å². The van der Waals surface area contributed by atoms with Crippen molar-refractivity contribution in [1.29, 1.82) is 0 Å². The summed E-state index contributed by atoms with van der Waals surface area (Å²) in [5.41, 5.74) is 2.50. The SMILES string of the molecule is COCCNc1cccc(I)c1C. The molecule has 1 aromatic carbocycles. The molecule has 0 heterocycles. The van der Waals surface area contributed by atoms with E-state index >= 15 is 0 Å². The lowest BCUT2D eigenvalue weighted by Gasteiger charge is -2.09. The van der Waals surface area contributed by atoms with E-state index in [-0.39, 0.29) is 0 Å². The third-order valence-electron chi connectivity index (χ3n) is 1.89. The molecule has 0 aromatic heterocycles. The van der Waals surface area contributed by atoms with Gasteiger partial charge in [0.25, 0.3) is 0 Å². The number of methoxy groups -OCH3 is 1. The Labute approximate surface area is 92.8 Å². The van der Waals surface area contributed by atoms with Gasteiger partial charge in [-0.25, -0.2) is 0 Å². The molecule has 0 spiro atoms. The van der Waals surface area contributed by atoms with Crippen molar-refractivity contribution in [2.45, 2.75) is 6.92 Å². The van der Waals surface area contributed by atoms with E-state index in [0.29, 0.717) is 0 Å². The molecule has 0 aliphatic rings. The summed E-state index contributed by atoms with van der Waals surface area (Å²) in [5, 5.41) is 3.32. The molecule has 0 radical (unpaired) electrons. The molecular formula is C10H14INO. The molecule has 0 aliphatic carbocycles. The monoisotopic (exact) mass is 291 g/mol. The number of hydrogen-bond acceptors (Lipinski definition) is 2. The van der Waals surface area contributed by atoms with Gasteiger partial charge in [-0.1, -0.05) is 6.07 Å². The van der Waals surface area contributed by atoms with Gasteiger partial charge in [-0.15, -0.1) is 0 Å². The van der Waals surface area contributed by atoms with Crippen LogP contribution in [0.2, 0.25) is 0 Å². The highest BCUT2D eigenvalue weighted by Crippen LogP contribution is 2.19. The van der Waals surface area contributed by atoms with E-state index in [4.69, 9.17) is 4.74 Å². The number of halogens is 1. The minimum Gasteiger partial charge on any atom is -0.383 e. The second-order valence-corrected chi connectivity index (χ2v) is 3.99. The predicted octanol–water partition coefficient (Wildman–Crippen LogP) is 2.66. The van der Waals surface area contributed by atoms with Crippen LogP contribution in [-0.4, -0.2) is 20.3 Å². The molecule has 1 aromatic rings. The van der Waals surface area contributed by atoms with E-state index in [1.165, 1.54) is 14.8 Å². The molecule has 0 saturated carbocycles. The fourth-order valence-corrected chi connectivity index (χ4v) is 1.58. The number of nitrogens with one attached hydrogen (secondary N) is 1. The van der Waals surface area contributed by atoms with Crippen molar-refractivity contribution in [3.8, 4) is 0 Å². The Balaban J connectivity index is 2.61. The summed E-state index contributed by atoms with van der Waals surface area (Å²) < 4.78 is 6.26. The highest BCUT2D eigenvalue weighted by Gasteiger charge is 1.99. The first-order chi connectivity index (χ1) is 6.25. The van der Waals surface area contributed by atoms with E-state index < -0.39 is 0 Å². The summed E-state index contributed by atoms with van der Waals surface area (Å²) in [6, 6.07) is 6.26. The number of rotatable bonds is 4. The zero-order valence-corrected chi connectivity index (χ0v) is 10.1. The van der Waals surface area contributed by atoms with Crippen LogP contribution in [0.4, 0.5) is 5.69 Å². The van der Waals surface area contributed by atoms with Gasteiger partial charge in [0, 0.05) is 22.9 Å². The molecule has 0 amide bonds. The molecule has 0 atom stereocenters. The van der Waals surface area contributed by atoms with Crippen LogP contribution >= 0.6 is 22.6 Å². The van der Waals surface area contributed by atoms with Gasteiger partial charge in [0.15, 0.2) is 0 Å². The molecule has 3 heteroatoms. The Hall–Kier alpha value is -0.290. The Kier molecular flexibility index (Phi) is 4.52. The van der Waals surface area contributed by atoms with E-state index in [1.54, 1.807) is 7.11 Å². The molecule has 0 fully saturated rings. The van der Waals surface area contributed by atoms with Gasteiger partial charge in [0.2, 0.25) is 0 Å². The van der Waals surface area contributed by atoms with Crippen molar-refractivity contribution in [1.82, 2.24) is 0 Å². The van der Waals surface area contributed by atoms with E-state index in [0.717, 1.165) is 13.2 Å². The van der Waals surface area contributed by atoms with Crippen LogP contribution in [-0.2, 0) is 4.74 Å². The number of anilines is 1. The summed E-state index contributed by atoms with van der Waals surface area (Å²) in [7, 11) is 1.71. The van der Waals surface area contributed by atoms with Crippen LogP contribution in [0.15, 0.2) is 18.2 Å². The summed E-state index contributed by atoms with van der Waals surface area (Å²) in [4.78, 5) is 0. The van der Waals surface area contributed by atoms with Gasteiger partial charge in [0.1, 0.15) is 0 Å². The zero-order chi connectivity index (χ0) is 9.68. The maximum absolute atomic E-state index is 4.97. The van der Waals surface area contributed by atoms with Crippen LogP contribution in [0.5, 0.6) is 0 Å². The second-order valence-electron chi connectivity index (χ2n) is 2.83. The first-order valence-corrected chi connectivity index (χ1v) is 5.31. The third kappa shape index (κ3) is 3.15. The lowest BCUT2D eigenvalue weighted by atomic mass is 10.2. The Morgan fingerprint density at radius 3 is 2.92 bits per heavy atom. The Morgan fingerprint density at radius 2 is 2.23 bits per heavy atom.